The minimum atomic E-state index is -1.11. The molecule has 2 aromatic heterocycles. The second kappa shape index (κ2) is 11.9. The van der Waals surface area contributed by atoms with Gasteiger partial charge in [-0.25, -0.2) is 23.2 Å². The highest BCUT2D eigenvalue weighted by Gasteiger charge is 2.30. The van der Waals surface area contributed by atoms with Crippen molar-refractivity contribution >= 4 is 29.3 Å². The zero-order valence-corrected chi connectivity index (χ0v) is 26.2. The Morgan fingerprint density at radius 2 is 1.86 bits per heavy atom. The van der Waals surface area contributed by atoms with Gasteiger partial charge in [-0.3, -0.25) is 5.14 Å². The average Bonchev–Trinajstić information content (AvgIpc) is 3.55. The van der Waals surface area contributed by atoms with E-state index >= 15 is 4.39 Å². The van der Waals surface area contributed by atoms with Gasteiger partial charge in [0.1, 0.15) is 11.6 Å². The fourth-order valence-electron chi connectivity index (χ4n) is 5.33. The molecule has 0 bridgehead atoms. The number of hydrogen-bond donors (Lipinski definition) is 2. The number of nitrogens with two attached hydrogens (primary N) is 1. The van der Waals surface area contributed by atoms with Gasteiger partial charge in [-0.1, -0.05) is 51.1 Å². The minimum absolute atomic E-state index is 0.0549. The highest BCUT2D eigenvalue weighted by molar-refractivity contribution is 7.97. The van der Waals surface area contributed by atoms with E-state index in [0.717, 1.165) is 52.7 Å². The first-order chi connectivity index (χ1) is 21.0. The predicted molar refractivity (Wildman–Crippen MR) is 171 cm³/mol. The van der Waals surface area contributed by atoms with Crippen molar-refractivity contribution in [1.82, 2.24) is 14.8 Å². The number of carboxylic acids is 1. The molecule has 1 aliphatic rings. The molecular formula is C34H32F2N4O2S2. The molecule has 1 fully saturated rings. The number of carbonyl (C=O) groups is 1. The number of hydrogen-bond acceptors (Lipinski definition) is 6. The van der Waals surface area contributed by atoms with Crippen LogP contribution in [0, 0.1) is 17.6 Å². The molecule has 0 amide bonds. The molecule has 0 spiro atoms. The topological polar surface area (TPSA) is 94.0 Å². The van der Waals surface area contributed by atoms with E-state index < -0.39 is 11.8 Å². The second-order valence-corrected chi connectivity index (χ2v) is 13.8. The van der Waals surface area contributed by atoms with Crippen LogP contribution in [0.15, 0.2) is 70.9 Å². The van der Waals surface area contributed by atoms with Crippen molar-refractivity contribution in [2.45, 2.75) is 56.8 Å². The van der Waals surface area contributed by atoms with Crippen LogP contribution in [-0.4, -0.2) is 25.8 Å². The molecule has 44 heavy (non-hydrogen) atoms. The Hall–Kier alpha value is -3.86. The van der Waals surface area contributed by atoms with Gasteiger partial charge in [0.15, 0.2) is 5.69 Å². The molecule has 0 saturated heterocycles. The van der Waals surface area contributed by atoms with Crippen molar-refractivity contribution in [3.63, 3.8) is 0 Å². The fraction of sp³-hybridized carbons (Fsp3) is 0.265. The summed E-state index contributed by atoms with van der Waals surface area (Å²) in [6.07, 6.45) is 3.25. The van der Waals surface area contributed by atoms with Crippen LogP contribution in [0.25, 0.3) is 27.5 Å². The summed E-state index contributed by atoms with van der Waals surface area (Å²) in [7, 11) is 0. The van der Waals surface area contributed by atoms with E-state index in [1.807, 2.05) is 36.4 Å². The van der Waals surface area contributed by atoms with Gasteiger partial charge >= 0.3 is 5.97 Å². The summed E-state index contributed by atoms with van der Waals surface area (Å²) >= 11 is 2.06. The van der Waals surface area contributed by atoms with Gasteiger partial charge in [0.05, 0.1) is 16.3 Å². The third-order valence-electron chi connectivity index (χ3n) is 7.94. The minimum Gasteiger partial charge on any atom is -0.476 e. The van der Waals surface area contributed by atoms with Gasteiger partial charge < -0.3 is 5.11 Å². The summed E-state index contributed by atoms with van der Waals surface area (Å²) in [5.74, 6) is -1.39. The van der Waals surface area contributed by atoms with Gasteiger partial charge in [0.2, 0.25) is 5.13 Å². The van der Waals surface area contributed by atoms with E-state index in [1.165, 1.54) is 28.8 Å². The number of carboxylic acid groups (broad SMARTS) is 1. The van der Waals surface area contributed by atoms with Gasteiger partial charge in [0, 0.05) is 28.5 Å². The molecule has 0 unspecified atom stereocenters. The molecule has 226 valence electrons. The van der Waals surface area contributed by atoms with Gasteiger partial charge in [-0.05, 0) is 89.6 Å². The van der Waals surface area contributed by atoms with Crippen LogP contribution in [0.3, 0.4) is 0 Å². The highest BCUT2D eigenvalue weighted by atomic mass is 32.2. The Morgan fingerprint density at radius 3 is 2.52 bits per heavy atom. The Kier molecular flexibility index (Phi) is 8.17. The van der Waals surface area contributed by atoms with Crippen molar-refractivity contribution in [2.24, 2.45) is 11.1 Å². The first-order valence-electron chi connectivity index (χ1n) is 14.4. The summed E-state index contributed by atoms with van der Waals surface area (Å²) in [6.45, 7) is 6.36. The first kappa shape index (κ1) is 30.2. The summed E-state index contributed by atoms with van der Waals surface area (Å²) in [5.41, 5.74) is 5.99. The summed E-state index contributed by atoms with van der Waals surface area (Å²) in [5, 5.41) is 22.1. The van der Waals surface area contributed by atoms with Crippen LogP contribution >= 0.6 is 23.3 Å². The maximum absolute atomic E-state index is 15.4. The molecule has 5 aromatic rings. The normalized spacial score (nSPS) is 13.4. The lowest BCUT2D eigenvalue weighted by Gasteiger charge is -2.20. The second-order valence-electron chi connectivity index (χ2n) is 12.2. The smallest absolute Gasteiger partial charge is 0.355 e. The number of thiazole rings is 1. The number of rotatable bonds is 9. The Morgan fingerprint density at radius 1 is 1.07 bits per heavy atom. The SMILES string of the molecule is CC(C)(C)c1cccc(-c2cc(-c3nn(-c4nc(C(=O)O)cs4)c(CC4CC4)c3Cc3ccc(SN)c(F)c3)ccc2F)c1. The molecule has 1 saturated carbocycles. The lowest BCUT2D eigenvalue weighted by Crippen LogP contribution is -2.10. The van der Waals surface area contributed by atoms with Crippen LogP contribution in [0.1, 0.15) is 66.5 Å². The fourth-order valence-corrected chi connectivity index (χ4v) is 6.42. The van der Waals surface area contributed by atoms with E-state index in [4.69, 9.17) is 10.2 Å². The maximum Gasteiger partial charge on any atom is 0.355 e. The average molecular weight is 631 g/mol. The standard InChI is InChI=1S/C34H32F2N4O2S2/c1-34(2,3)23-6-4-5-21(16-23)24-17-22(10-11-26(24)35)31-25(13-20-9-12-30(44-37)27(36)14-20)29(15-19-7-8-19)40(39-31)33-38-28(18-43-33)32(41)42/h4-6,9-12,14,16-19H,7-8,13,15,37H2,1-3H3,(H,41,42). The van der Waals surface area contributed by atoms with Crippen LogP contribution < -0.4 is 5.14 Å². The lowest BCUT2D eigenvalue weighted by atomic mass is 9.85. The molecule has 6 rings (SSSR count). The first-order valence-corrected chi connectivity index (χ1v) is 16.1. The third kappa shape index (κ3) is 6.20. The van der Waals surface area contributed by atoms with Gasteiger partial charge in [-0.2, -0.15) is 5.10 Å². The van der Waals surface area contributed by atoms with Gasteiger partial charge in [-0.15, -0.1) is 11.3 Å². The quantitative estimate of drug-likeness (QED) is 0.159. The van der Waals surface area contributed by atoms with Crippen LogP contribution in [0.2, 0.25) is 0 Å². The zero-order chi connectivity index (χ0) is 31.2. The van der Waals surface area contributed by atoms with Crippen molar-refractivity contribution < 1.29 is 18.7 Å². The molecule has 2 heterocycles. The largest absolute Gasteiger partial charge is 0.476 e. The Labute approximate surface area is 263 Å². The summed E-state index contributed by atoms with van der Waals surface area (Å²) < 4.78 is 32.0. The predicted octanol–water partition coefficient (Wildman–Crippen LogP) is 8.45. The number of benzene rings is 3. The molecule has 0 aliphatic heterocycles. The maximum atomic E-state index is 15.4. The third-order valence-corrected chi connectivity index (χ3v) is 9.35. The summed E-state index contributed by atoms with van der Waals surface area (Å²) in [4.78, 5) is 16.4. The summed E-state index contributed by atoms with van der Waals surface area (Å²) in [6, 6.07) is 17.9. The number of aromatic nitrogens is 3. The van der Waals surface area contributed by atoms with Crippen molar-refractivity contribution in [2.75, 3.05) is 0 Å². The van der Waals surface area contributed by atoms with E-state index in [0.29, 0.717) is 45.6 Å². The van der Waals surface area contributed by atoms with E-state index in [9.17, 15) is 14.3 Å². The lowest BCUT2D eigenvalue weighted by molar-refractivity contribution is 0.0691. The monoisotopic (exact) mass is 630 g/mol. The molecule has 0 radical (unpaired) electrons. The van der Waals surface area contributed by atoms with Crippen LogP contribution in [0.4, 0.5) is 8.78 Å². The molecule has 1 aliphatic carbocycles. The van der Waals surface area contributed by atoms with Crippen molar-refractivity contribution in [3.8, 4) is 27.5 Å². The Balaban J connectivity index is 1.54. The molecular weight excluding hydrogens is 599 g/mol. The molecule has 3 N–H and O–H groups in total. The van der Waals surface area contributed by atoms with Crippen molar-refractivity contribution in [1.29, 1.82) is 0 Å². The Bertz CT molecular complexity index is 1870. The molecule has 3 aromatic carbocycles. The highest BCUT2D eigenvalue weighted by Crippen LogP contribution is 2.39. The molecule has 10 heteroatoms. The van der Waals surface area contributed by atoms with Crippen LogP contribution in [0.5, 0.6) is 0 Å². The van der Waals surface area contributed by atoms with Gasteiger partial charge in [0.25, 0.3) is 0 Å². The number of halogens is 2. The number of aromatic carboxylic acids is 1. The van der Waals surface area contributed by atoms with E-state index in [-0.39, 0.29) is 16.9 Å². The van der Waals surface area contributed by atoms with E-state index in [1.54, 1.807) is 16.8 Å². The van der Waals surface area contributed by atoms with E-state index in [2.05, 4.69) is 25.8 Å². The van der Waals surface area contributed by atoms with Crippen LogP contribution in [-0.2, 0) is 18.3 Å². The molecule has 0 atom stereocenters. The van der Waals surface area contributed by atoms with Crippen molar-refractivity contribution in [3.05, 3.63) is 106 Å². The molecule has 6 nitrogen and oxygen atoms in total. The zero-order valence-electron chi connectivity index (χ0n) is 24.6. The number of nitrogens with zero attached hydrogens (tertiary/aromatic N) is 3.